The molecule has 0 aromatic heterocycles. The quantitative estimate of drug-likeness (QED) is 0.607. The van der Waals surface area contributed by atoms with Crippen molar-refractivity contribution in [1.82, 2.24) is 0 Å². The highest BCUT2D eigenvalue weighted by molar-refractivity contribution is 5.96. The van der Waals surface area contributed by atoms with Crippen molar-refractivity contribution in [1.29, 1.82) is 0 Å². The van der Waals surface area contributed by atoms with E-state index in [1.54, 1.807) is 0 Å². The Morgan fingerprint density at radius 1 is 1.12 bits per heavy atom. The van der Waals surface area contributed by atoms with Crippen molar-refractivity contribution in [2.75, 3.05) is 0 Å². The van der Waals surface area contributed by atoms with Crippen molar-refractivity contribution < 1.29 is 4.79 Å². The molecule has 0 saturated carbocycles. The summed E-state index contributed by atoms with van der Waals surface area (Å²) in [5, 5.41) is 0. The topological polar surface area (TPSA) is 17.1 Å². The fourth-order valence-electron chi connectivity index (χ4n) is 2.08. The van der Waals surface area contributed by atoms with E-state index in [-0.39, 0.29) is 5.78 Å². The third-order valence-electron chi connectivity index (χ3n) is 3.28. The van der Waals surface area contributed by atoms with Gasteiger partial charge in [0.25, 0.3) is 0 Å². The van der Waals surface area contributed by atoms with Crippen molar-refractivity contribution in [2.45, 2.75) is 58.8 Å². The first-order valence-electron chi connectivity index (χ1n) is 6.82. The first-order valence-corrected chi connectivity index (χ1v) is 6.82. The zero-order chi connectivity index (χ0) is 12.7. The first kappa shape index (κ1) is 14.0. The number of ketones is 1. The second-order valence-electron chi connectivity index (χ2n) is 4.84. The van der Waals surface area contributed by atoms with Crippen LogP contribution in [0.25, 0.3) is 0 Å². The second-order valence-corrected chi connectivity index (χ2v) is 4.84. The van der Waals surface area contributed by atoms with Crippen LogP contribution in [0.1, 0.15) is 74.7 Å². The Kier molecular flexibility index (Phi) is 5.96. The van der Waals surface area contributed by atoms with Crippen molar-refractivity contribution >= 4 is 5.78 Å². The molecule has 0 aliphatic heterocycles. The Morgan fingerprint density at radius 2 is 1.76 bits per heavy atom. The van der Waals surface area contributed by atoms with Crippen LogP contribution in [0.15, 0.2) is 24.3 Å². The fourth-order valence-corrected chi connectivity index (χ4v) is 2.08. The summed E-state index contributed by atoms with van der Waals surface area (Å²) in [6, 6.07) is 8.19. The van der Waals surface area contributed by atoms with Crippen LogP contribution in [0.5, 0.6) is 0 Å². The van der Waals surface area contributed by atoms with E-state index in [1.165, 1.54) is 18.4 Å². The third kappa shape index (κ3) is 4.33. The van der Waals surface area contributed by atoms with Gasteiger partial charge in [0.1, 0.15) is 0 Å². The number of hydrogen-bond donors (Lipinski definition) is 0. The van der Waals surface area contributed by atoms with Gasteiger partial charge in [0, 0.05) is 12.0 Å². The summed E-state index contributed by atoms with van der Waals surface area (Å²) in [5.74, 6) is 0.876. The molecule has 94 valence electrons. The van der Waals surface area contributed by atoms with Gasteiger partial charge in [-0.2, -0.15) is 0 Å². The molecule has 0 radical (unpaired) electrons. The number of benzene rings is 1. The van der Waals surface area contributed by atoms with Crippen LogP contribution in [0.3, 0.4) is 0 Å². The summed E-state index contributed by atoms with van der Waals surface area (Å²) in [6.45, 7) is 6.57. The summed E-state index contributed by atoms with van der Waals surface area (Å²) < 4.78 is 0. The third-order valence-corrected chi connectivity index (χ3v) is 3.28. The molecule has 1 aromatic carbocycles. The summed E-state index contributed by atoms with van der Waals surface area (Å²) in [4.78, 5) is 11.8. The van der Waals surface area contributed by atoms with Crippen molar-refractivity contribution in [3.05, 3.63) is 35.4 Å². The highest BCUT2D eigenvalue weighted by Crippen LogP contribution is 2.21. The Labute approximate surface area is 105 Å². The van der Waals surface area contributed by atoms with E-state index in [0.29, 0.717) is 12.3 Å². The summed E-state index contributed by atoms with van der Waals surface area (Å²) in [7, 11) is 0. The van der Waals surface area contributed by atoms with E-state index in [0.717, 1.165) is 18.4 Å². The molecule has 0 aliphatic carbocycles. The van der Waals surface area contributed by atoms with Gasteiger partial charge in [-0.1, -0.05) is 57.9 Å². The van der Waals surface area contributed by atoms with Gasteiger partial charge in [0.2, 0.25) is 0 Å². The van der Waals surface area contributed by atoms with Crippen LogP contribution in [0.4, 0.5) is 0 Å². The highest BCUT2D eigenvalue weighted by Gasteiger charge is 2.07. The fraction of sp³-hybridized carbons (Fsp3) is 0.562. The maximum Gasteiger partial charge on any atom is 0.162 e. The Balaban J connectivity index is 2.64. The molecular weight excluding hydrogens is 208 g/mol. The van der Waals surface area contributed by atoms with Gasteiger partial charge >= 0.3 is 0 Å². The Hall–Kier alpha value is -1.11. The van der Waals surface area contributed by atoms with Gasteiger partial charge in [-0.3, -0.25) is 4.79 Å². The van der Waals surface area contributed by atoms with E-state index in [2.05, 4.69) is 32.9 Å². The molecule has 0 aliphatic rings. The zero-order valence-electron chi connectivity index (χ0n) is 11.3. The maximum absolute atomic E-state index is 11.8. The smallest absolute Gasteiger partial charge is 0.162 e. The minimum atomic E-state index is 0.279. The molecule has 1 aromatic rings. The highest BCUT2D eigenvalue weighted by atomic mass is 16.1. The molecule has 1 nitrogen and oxygen atoms in total. The van der Waals surface area contributed by atoms with E-state index in [1.807, 2.05) is 12.1 Å². The number of rotatable bonds is 7. The first-order chi connectivity index (χ1) is 8.19. The van der Waals surface area contributed by atoms with Crippen molar-refractivity contribution in [3.63, 3.8) is 0 Å². The number of Topliss-reactive ketones (excluding diaryl/α,β-unsaturated/α-hetero) is 1. The average Bonchev–Trinajstić information content (AvgIpc) is 2.36. The molecule has 0 heterocycles. The molecule has 1 heteroatoms. The normalized spacial score (nSPS) is 12.4. The van der Waals surface area contributed by atoms with Gasteiger partial charge in [0.05, 0.1) is 0 Å². The van der Waals surface area contributed by atoms with Gasteiger partial charge in [-0.05, 0) is 24.3 Å². The molecular formula is C16H24O. The summed E-state index contributed by atoms with van der Waals surface area (Å²) >= 11 is 0. The van der Waals surface area contributed by atoms with E-state index >= 15 is 0 Å². The standard InChI is InChI=1S/C16H24O/c1-4-6-8-16(17)15-11-9-14(10-12-15)13(3)7-5-2/h9-13H,4-8H2,1-3H3. The summed E-state index contributed by atoms with van der Waals surface area (Å²) in [6.07, 6.45) is 5.17. The monoisotopic (exact) mass is 232 g/mol. The molecule has 1 rings (SSSR count). The minimum Gasteiger partial charge on any atom is -0.294 e. The molecule has 17 heavy (non-hydrogen) atoms. The maximum atomic E-state index is 11.8. The molecule has 0 amide bonds. The van der Waals surface area contributed by atoms with Gasteiger partial charge in [-0.15, -0.1) is 0 Å². The predicted octanol–water partition coefficient (Wildman–Crippen LogP) is 4.96. The largest absolute Gasteiger partial charge is 0.294 e. The average molecular weight is 232 g/mol. The lowest BCUT2D eigenvalue weighted by atomic mass is 9.94. The lowest BCUT2D eigenvalue weighted by molar-refractivity contribution is 0.0980. The van der Waals surface area contributed by atoms with Crippen LogP contribution in [-0.2, 0) is 0 Å². The van der Waals surface area contributed by atoms with Gasteiger partial charge in [0.15, 0.2) is 5.78 Å². The van der Waals surface area contributed by atoms with Gasteiger partial charge < -0.3 is 0 Å². The summed E-state index contributed by atoms with van der Waals surface area (Å²) in [5.41, 5.74) is 2.21. The van der Waals surface area contributed by atoms with Crippen LogP contribution in [-0.4, -0.2) is 5.78 Å². The number of carbonyl (C=O) groups excluding carboxylic acids is 1. The van der Waals surface area contributed by atoms with E-state index in [4.69, 9.17) is 0 Å². The van der Waals surface area contributed by atoms with Crippen LogP contribution >= 0.6 is 0 Å². The number of carbonyl (C=O) groups is 1. The van der Waals surface area contributed by atoms with Crippen LogP contribution in [0, 0.1) is 0 Å². The Bertz CT molecular complexity index is 337. The predicted molar refractivity (Wildman–Crippen MR) is 73.6 cm³/mol. The van der Waals surface area contributed by atoms with Gasteiger partial charge in [-0.25, -0.2) is 0 Å². The number of hydrogen-bond acceptors (Lipinski definition) is 1. The minimum absolute atomic E-state index is 0.279. The Morgan fingerprint density at radius 3 is 2.29 bits per heavy atom. The molecule has 1 atom stereocenters. The van der Waals surface area contributed by atoms with Crippen LogP contribution in [0.2, 0.25) is 0 Å². The molecule has 0 fully saturated rings. The molecule has 0 bridgehead atoms. The number of unbranched alkanes of at least 4 members (excludes halogenated alkanes) is 1. The van der Waals surface area contributed by atoms with E-state index < -0.39 is 0 Å². The molecule has 0 N–H and O–H groups in total. The lowest BCUT2D eigenvalue weighted by Gasteiger charge is -2.10. The molecule has 1 unspecified atom stereocenters. The van der Waals surface area contributed by atoms with Crippen LogP contribution < -0.4 is 0 Å². The lowest BCUT2D eigenvalue weighted by Crippen LogP contribution is -2.00. The SMILES string of the molecule is CCCCC(=O)c1ccc(C(C)CCC)cc1. The molecule has 0 spiro atoms. The van der Waals surface area contributed by atoms with E-state index in [9.17, 15) is 4.79 Å². The zero-order valence-corrected chi connectivity index (χ0v) is 11.3. The van der Waals surface area contributed by atoms with Crippen molar-refractivity contribution in [3.8, 4) is 0 Å². The molecule has 0 saturated heterocycles. The van der Waals surface area contributed by atoms with Crippen molar-refractivity contribution in [2.24, 2.45) is 0 Å². The second kappa shape index (κ2) is 7.26.